The van der Waals surface area contributed by atoms with Crippen LogP contribution in [0.1, 0.15) is 10.5 Å². The minimum absolute atomic E-state index is 0.0880. The second-order valence-corrected chi connectivity index (χ2v) is 2.28. The molecule has 0 spiro atoms. The third-order valence-corrected chi connectivity index (χ3v) is 1.48. The number of hydrogen-bond donors (Lipinski definition) is 1. The van der Waals surface area contributed by atoms with Crippen LogP contribution < -0.4 is 10.5 Å². The second-order valence-electron chi connectivity index (χ2n) is 2.28. The molecule has 13 heavy (non-hydrogen) atoms. The molecule has 1 heterocycles. The Morgan fingerprint density at radius 1 is 1.46 bits per heavy atom. The number of esters is 1. The van der Waals surface area contributed by atoms with Crippen molar-refractivity contribution in [1.82, 2.24) is 4.98 Å². The Hall–Kier alpha value is -1.78. The maximum atomic E-state index is 11.1. The van der Waals surface area contributed by atoms with E-state index in [-0.39, 0.29) is 11.5 Å². The molecule has 5 heteroatoms. The van der Waals surface area contributed by atoms with Crippen LogP contribution in [0.5, 0.6) is 5.75 Å². The molecule has 1 aromatic rings. The van der Waals surface area contributed by atoms with Crippen molar-refractivity contribution in [2.75, 3.05) is 20.0 Å². The van der Waals surface area contributed by atoms with Crippen LogP contribution in [0.25, 0.3) is 0 Å². The van der Waals surface area contributed by atoms with Crippen molar-refractivity contribution in [2.45, 2.75) is 0 Å². The van der Waals surface area contributed by atoms with Gasteiger partial charge in [0.1, 0.15) is 5.82 Å². The highest BCUT2D eigenvalue weighted by Gasteiger charge is 2.14. The lowest BCUT2D eigenvalue weighted by Gasteiger charge is -2.05. The Bertz CT molecular complexity index is 325. The van der Waals surface area contributed by atoms with Gasteiger partial charge in [-0.15, -0.1) is 0 Å². The molecule has 0 aliphatic carbocycles. The van der Waals surface area contributed by atoms with E-state index in [1.54, 1.807) is 12.1 Å². The molecule has 0 saturated carbocycles. The molecule has 0 saturated heterocycles. The SMILES string of the molecule is COC(=O)c1nc(N)ccc1OC. The number of nitrogens with zero attached hydrogens (tertiary/aromatic N) is 1. The first kappa shape index (κ1) is 9.31. The highest BCUT2D eigenvalue weighted by atomic mass is 16.5. The Labute approximate surface area is 75.5 Å². The van der Waals surface area contributed by atoms with Gasteiger partial charge in [0.25, 0.3) is 0 Å². The zero-order valence-corrected chi connectivity index (χ0v) is 7.40. The van der Waals surface area contributed by atoms with E-state index in [0.717, 1.165) is 0 Å². The predicted octanol–water partition coefficient (Wildman–Crippen LogP) is 0.459. The molecule has 0 bridgehead atoms. The van der Waals surface area contributed by atoms with Crippen LogP contribution in [0.15, 0.2) is 12.1 Å². The number of carbonyl (C=O) groups excluding carboxylic acids is 1. The fourth-order valence-corrected chi connectivity index (χ4v) is 0.869. The molecule has 0 fully saturated rings. The van der Waals surface area contributed by atoms with Crippen molar-refractivity contribution in [2.24, 2.45) is 0 Å². The first-order valence-corrected chi connectivity index (χ1v) is 3.58. The molecule has 0 aliphatic rings. The molecule has 0 unspecified atom stereocenters. The molecule has 0 aliphatic heterocycles. The maximum absolute atomic E-state index is 11.1. The van der Waals surface area contributed by atoms with Gasteiger partial charge in [-0.25, -0.2) is 9.78 Å². The van der Waals surface area contributed by atoms with Gasteiger partial charge in [0.2, 0.25) is 0 Å². The van der Waals surface area contributed by atoms with E-state index >= 15 is 0 Å². The van der Waals surface area contributed by atoms with Crippen LogP contribution in [0.4, 0.5) is 5.82 Å². The van der Waals surface area contributed by atoms with Crippen molar-refractivity contribution in [1.29, 1.82) is 0 Å². The third-order valence-electron chi connectivity index (χ3n) is 1.48. The maximum Gasteiger partial charge on any atom is 0.360 e. The molecule has 0 radical (unpaired) electrons. The van der Waals surface area contributed by atoms with Crippen LogP contribution >= 0.6 is 0 Å². The standard InChI is InChI=1S/C8H10N2O3/c1-12-5-3-4-6(9)10-7(5)8(11)13-2/h3-4H,1-2H3,(H2,9,10). The molecule has 0 amide bonds. The van der Waals surface area contributed by atoms with Crippen molar-refractivity contribution in [3.05, 3.63) is 17.8 Å². The van der Waals surface area contributed by atoms with E-state index < -0.39 is 5.97 Å². The molecule has 1 rings (SSSR count). The monoisotopic (exact) mass is 182 g/mol. The summed E-state index contributed by atoms with van der Waals surface area (Å²) < 4.78 is 9.40. The zero-order valence-electron chi connectivity index (χ0n) is 7.40. The van der Waals surface area contributed by atoms with E-state index in [1.807, 2.05) is 0 Å². The Kier molecular flexibility index (Phi) is 2.69. The van der Waals surface area contributed by atoms with E-state index in [1.165, 1.54) is 14.2 Å². The van der Waals surface area contributed by atoms with Gasteiger partial charge >= 0.3 is 5.97 Å². The van der Waals surface area contributed by atoms with Crippen LogP contribution in [-0.2, 0) is 4.74 Å². The van der Waals surface area contributed by atoms with E-state index in [0.29, 0.717) is 5.75 Å². The second kappa shape index (κ2) is 3.75. The molecule has 0 aromatic carbocycles. The summed E-state index contributed by atoms with van der Waals surface area (Å²) in [6.07, 6.45) is 0. The number of nitrogen functional groups attached to an aromatic ring is 1. The van der Waals surface area contributed by atoms with Crippen LogP contribution in [0.2, 0.25) is 0 Å². The van der Waals surface area contributed by atoms with E-state index in [4.69, 9.17) is 10.5 Å². The fraction of sp³-hybridized carbons (Fsp3) is 0.250. The lowest BCUT2D eigenvalue weighted by molar-refractivity contribution is 0.0590. The largest absolute Gasteiger partial charge is 0.494 e. The first-order chi connectivity index (χ1) is 6.19. The number of nitrogens with two attached hydrogens (primary N) is 1. The van der Waals surface area contributed by atoms with Gasteiger partial charge < -0.3 is 15.2 Å². The molecular formula is C8H10N2O3. The Balaban J connectivity index is 3.15. The van der Waals surface area contributed by atoms with Gasteiger partial charge in [-0.3, -0.25) is 0 Å². The van der Waals surface area contributed by atoms with Crippen LogP contribution in [-0.4, -0.2) is 25.2 Å². The van der Waals surface area contributed by atoms with Crippen molar-refractivity contribution in [3.8, 4) is 5.75 Å². The van der Waals surface area contributed by atoms with E-state index in [2.05, 4.69) is 9.72 Å². The quantitative estimate of drug-likeness (QED) is 0.672. The Morgan fingerprint density at radius 3 is 2.69 bits per heavy atom. The number of carbonyl (C=O) groups is 1. The number of hydrogen-bond acceptors (Lipinski definition) is 5. The molecule has 0 atom stereocenters. The highest BCUT2D eigenvalue weighted by molar-refractivity contribution is 5.90. The third kappa shape index (κ3) is 1.87. The van der Waals surface area contributed by atoms with Gasteiger partial charge in [0, 0.05) is 0 Å². The lowest BCUT2D eigenvalue weighted by Crippen LogP contribution is -2.08. The van der Waals surface area contributed by atoms with Gasteiger partial charge in [0.15, 0.2) is 11.4 Å². The fourth-order valence-electron chi connectivity index (χ4n) is 0.869. The van der Waals surface area contributed by atoms with Gasteiger partial charge in [0.05, 0.1) is 14.2 Å². The first-order valence-electron chi connectivity index (χ1n) is 3.58. The van der Waals surface area contributed by atoms with Gasteiger partial charge in [-0.2, -0.15) is 0 Å². The minimum atomic E-state index is -0.566. The molecular weight excluding hydrogens is 172 g/mol. The van der Waals surface area contributed by atoms with E-state index in [9.17, 15) is 4.79 Å². The van der Waals surface area contributed by atoms with Crippen LogP contribution in [0.3, 0.4) is 0 Å². The van der Waals surface area contributed by atoms with Crippen LogP contribution in [0, 0.1) is 0 Å². The molecule has 5 nitrogen and oxygen atoms in total. The molecule has 1 aromatic heterocycles. The summed E-state index contributed by atoms with van der Waals surface area (Å²) in [5, 5.41) is 0. The number of aromatic nitrogens is 1. The summed E-state index contributed by atoms with van der Waals surface area (Å²) in [5.41, 5.74) is 5.49. The summed E-state index contributed by atoms with van der Waals surface area (Å²) in [4.78, 5) is 14.9. The summed E-state index contributed by atoms with van der Waals surface area (Å²) in [7, 11) is 2.71. The summed E-state index contributed by atoms with van der Waals surface area (Å²) in [6, 6.07) is 3.11. The Morgan fingerprint density at radius 2 is 2.15 bits per heavy atom. The number of pyridine rings is 1. The zero-order chi connectivity index (χ0) is 9.84. The van der Waals surface area contributed by atoms with Gasteiger partial charge in [-0.1, -0.05) is 0 Å². The number of methoxy groups -OCH3 is 2. The number of ether oxygens (including phenoxy) is 2. The summed E-state index contributed by atoms with van der Waals surface area (Å²) in [5.74, 6) is 0.0337. The normalized spacial score (nSPS) is 9.38. The molecule has 70 valence electrons. The predicted molar refractivity (Wildman–Crippen MR) is 46.5 cm³/mol. The summed E-state index contributed by atoms with van der Waals surface area (Å²) >= 11 is 0. The number of anilines is 1. The minimum Gasteiger partial charge on any atom is -0.494 e. The van der Waals surface area contributed by atoms with Crippen molar-refractivity contribution < 1.29 is 14.3 Å². The highest BCUT2D eigenvalue weighted by Crippen LogP contribution is 2.17. The smallest absolute Gasteiger partial charge is 0.360 e. The van der Waals surface area contributed by atoms with Gasteiger partial charge in [-0.05, 0) is 12.1 Å². The summed E-state index contributed by atoms with van der Waals surface area (Å²) in [6.45, 7) is 0. The van der Waals surface area contributed by atoms with Crippen molar-refractivity contribution >= 4 is 11.8 Å². The average molecular weight is 182 g/mol. The average Bonchev–Trinajstić information content (AvgIpc) is 2.16. The topological polar surface area (TPSA) is 74.4 Å². The van der Waals surface area contributed by atoms with Crippen molar-refractivity contribution in [3.63, 3.8) is 0 Å². The lowest BCUT2D eigenvalue weighted by atomic mass is 10.3. The molecule has 2 N–H and O–H groups in total. The number of rotatable bonds is 2.